The predicted molar refractivity (Wildman–Crippen MR) is 89.7 cm³/mol. The number of hydrogen-bond donors (Lipinski definition) is 0. The summed E-state index contributed by atoms with van der Waals surface area (Å²) in [5.74, 6) is 0. The van der Waals surface area contributed by atoms with Gasteiger partial charge < -0.3 is 0 Å². The summed E-state index contributed by atoms with van der Waals surface area (Å²) in [6.45, 7) is 7.72. The van der Waals surface area contributed by atoms with Gasteiger partial charge in [-0.15, -0.1) is 0 Å². The molecule has 23 heavy (non-hydrogen) atoms. The van der Waals surface area contributed by atoms with Crippen molar-refractivity contribution in [3.05, 3.63) is 11.1 Å². The molecule has 4 saturated carbocycles. The largest absolute Gasteiger partial charge is 0.300 e. The van der Waals surface area contributed by atoms with Crippen molar-refractivity contribution in [2.24, 2.45) is 16.2 Å². The second-order valence-corrected chi connectivity index (χ2v) is 9.05. The first kappa shape index (κ1) is 16.1. The Morgan fingerprint density at radius 3 is 2.17 bits per heavy atom. The molecule has 0 atom stereocenters. The molecule has 0 heterocycles. The van der Waals surface area contributed by atoms with Crippen LogP contribution in [0.25, 0.3) is 0 Å². The van der Waals surface area contributed by atoms with Crippen molar-refractivity contribution in [2.75, 3.05) is 19.6 Å². The first-order chi connectivity index (χ1) is 11.0. The first-order valence-electron chi connectivity index (χ1n) is 9.68. The third-order valence-corrected chi connectivity index (χ3v) is 7.83. The highest BCUT2D eigenvalue weighted by atomic mass is 19.3. The highest BCUT2D eigenvalue weighted by molar-refractivity contribution is 5.39. The Kier molecular flexibility index (Phi) is 3.68. The van der Waals surface area contributed by atoms with Crippen LogP contribution >= 0.6 is 0 Å². The zero-order valence-corrected chi connectivity index (χ0v) is 14.8. The van der Waals surface area contributed by atoms with E-state index in [2.05, 4.69) is 18.7 Å². The maximum Gasteiger partial charge on any atom is 0.244 e. The Hall–Kier alpha value is -0.440. The Balaban J connectivity index is 1.57. The number of allylic oxidation sites excluding steroid dienone is 1. The Morgan fingerprint density at radius 2 is 1.70 bits per heavy atom. The van der Waals surface area contributed by atoms with E-state index in [9.17, 15) is 8.78 Å². The molecule has 0 aliphatic heterocycles. The Morgan fingerprint density at radius 1 is 1.04 bits per heavy atom. The van der Waals surface area contributed by atoms with Crippen molar-refractivity contribution in [3.8, 4) is 0 Å². The fourth-order valence-corrected chi connectivity index (χ4v) is 6.13. The summed E-state index contributed by atoms with van der Waals surface area (Å²) in [4.78, 5) is 2.50. The SMILES string of the molecule is CCN(CC)CC1=C(C23CC(C(F)F)(C2)C3)CC2(CCC2)CC1. The summed E-state index contributed by atoms with van der Waals surface area (Å²) in [6.07, 6.45) is 8.21. The molecule has 0 amide bonds. The van der Waals surface area contributed by atoms with Crippen molar-refractivity contribution >= 4 is 0 Å². The summed E-state index contributed by atoms with van der Waals surface area (Å²) in [5.41, 5.74) is 3.46. The summed E-state index contributed by atoms with van der Waals surface area (Å²) in [7, 11) is 0. The lowest BCUT2D eigenvalue weighted by Crippen LogP contribution is -2.66. The monoisotopic (exact) mass is 323 g/mol. The van der Waals surface area contributed by atoms with Crippen molar-refractivity contribution in [1.29, 1.82) is 0 Å². The highest BCUT2D eigenvalue weighted by Crippen LogP contribution is 2.80. The van der Waals surface area contributed by atoms with Crippen molar-refractivity contribution in [2.45, 2.75) is 78.1 Å². The van der Waals surface area contributed by atoms with E-state index in [1.807, 2.05) is 0 Å². The van der Waals surface area contributed by atoms with Crippen LogP contribution in [0.5, 0.6) is 0 Å². The molecule has 0 radical (unpaired) electrons. The average molecular weight is 323 g/mol. The minimum atomic E-state index is -2.10. The van der Waals surface area contributed by atoms with Gasteiger partial charge in [0, 0.05) is 12.0 Å². The van der Waals surface area contributed by atoms with Crippen LogP contribution in [-0.4, -0.2) is 31.0 Å². The number of nitrogens with zero attached hydrogens (tertiary/aromatic N) is 1. The fraction of sp³-hybridized carbons (Fsp3) is 0.900. The predicted octanol–water partition coefficient (Wildman–Crippen LogP) is 5.41. The smallest absolute Gasteiger partial charge is 0.244 e. The van der Waals surface area contributed by atoms with E-state index < -0.39 is 11.8 Å². The third kappa shape index (κ3) is 2.25. The molecule has 0 aromatic heterocycles. The van der Waals surface area contributed by atoms with E-state index in [-0.39, 0.29) is 5.41 Å². The van der Waals surface area contributed by atoms with Crippen LogP contribution in [0.15, 0.2) is 11.1 Å². The van der Waals surface area contributed by atoms with Crippen LogP contribution in [0.2, 0.25) is 0 Å². The van der Waals surface area contributed by atoms with Gasteiger partial charge in [-0.3, -0.25) is 4.90 Å². The third-order valence-electron chi connectivity index (χ3n) is 7.83. The van der Waals surface area contributed by atoms with E-state index in [1.165, 1.54) is 38.5 Å². The molecule has 1 nitrogen and oxygen atoms in total. The molecule has 5 rings (SSSR count). The van der Waals surface area contributed by atoms with Crippen molar-refractivity contribution in [1.82, 2.24) is 4.90 Å². The number of rotatable bonds is 6. The molecule has 130 valence electrons. The van der Waals surface area contributed by atoms with Gasteiger partial charge in [0.05, 0.1) is 0 Å². The van der Waals surface area contributed by atoms with E-state index >= 15 is 0 Å². The quantitative estimate of drug-likeness (QED) is 0.590. The van der Waals surface area contributed by atoms with Gasteiger partial charge in [0.2, 0.25) is 6.43 Å². The molecular weight excluding hydrogens is 292 g/mol. The summed E-state index contributed by atoms with van der Waals surface area (Å²) < 4.78 is 26.5. The van der Waals surface area contributed by atoms with Crippen LogP contribution < -0.4 is 0 Å². The molecule has 0 unspecified atom stereocenters. The minimum Gasteiger partial charge on any atom is -0.300 e. The molecule has 0 N–H and O–H groups in total. The van der Waals surface area contributed by atoms with E-state index in [4.69, 9.17) is 0 Å². The molecule has 2 bridgehead atoms. The maximum absolute atomic E-state index is 13.3. The van der Waals surface area contributed by atoms with Gasteiger partial charge in [-0.1, -0.05) is 31.4 Å². The average Bonchev–Trinajstić information content (AvgIpc) is 2.40. The lowest BCUT2D eigenvalue weighted by molar-refractivity contribution is -0.250. The molecule has 5 aliphatic rings. The molecular formula is C20H31F2N. The number of likely N-dealkylation sites (N-methyl/N-ethyl adjacent to an activating group) is 1. The molecule has 0 saturated heterocycles. The van der Waals surface area contributed by atoms with Crippen LogP contribution in [0.3, 0.4) is 0 Å². The van der Waals surface area contributed by atoms with E-state index in [0.717, 1.165) is 38.9 Å². The van der Waals surface area contributed by atoms with Crippen LogP contribution in [-0.2, 0) is 0 Å². The van der Waals surface area contributed by atoms with Gasteiger partial charge in [-0.05, 0) is 75.3 Å². The lowest BCUT2D eigenvalue weighted by Gasteiger charge is -2.72. The molecule has 0 aromatic rings. The number of halogens is 2. The van der Waals surface area contributed by atoms with Crippen LogP contribution in [0.1, 0.15) is 71.6 Å². The zero-order chi connectivity index (χ0) is 16.3. The number of hydrogen-bond acceptors (Lipinski definition) is 1. The van der Waals surface area contributed by atoms with Gasteiger partial charge in [0.25, 0.3) is 0 Å². The minimum absolute atomic E-state index is 0.196. The molecule has 3 heteroatoms. The standard InChI is InChI=1S/C20H31F2N/c1-3-23(4-2)11-15-6-9-18(7-5-8-18)10-16(15)19-12-20(13-19,14-19)17(21)22/h17H,3-14H2,1-2H3. The topological polar surface area (TPSA) is 3.24 Å². The normalized spacial score (nSPS) is 37.8. The van der Waals surface area contributed by atoms with Gasteiger partial charge in [0.1, 0.15) is 0 Å². The summed E-state index contributed by atoms with van der Waals surface area (Å²) in [6, 6.07) is 0. The molecule has 1 spiro atoms. The first-order valence-corrected chi connectivity index (χ1v) is 9.68. The highest BCUT2D eigenvalue weighted by Gasteiger charge is 2.73. The summed E-state index contributed by atoms with van der Waals surface area (Å²) in [5, 5.41) is 0. The fourth-order valence-electron chi connectivity index (χ4n) is 6.13. The van der Waals surface area contributed by atoms with Gasteiger partial charge in [-0.2, -0.15) is 0 Å². The van der Waals surface area contributed by atoms with Crippen molar-refractivity contribution in [3.63, 3.8) is 0 Å². The van der Waals surface area contributed by atoms with Gasteiger partial charge in [-0.25, -0.2) is 8.78 Å². The Bertz CT molecular complexity index is 494. The second kappa shape index (κ2) is 5.28. The van der Waals surface area contributed by atoms with E-state index in [0.29, 0.717) is 5.41 Å². The maximum atomic E-state index is 13.3. The van der Waals surface area contributed by atoms with Gasteiger partial charge >= 0.3 is 0 Å². The molecule has 5 aliphatic carbocycles. The van der Waals surface area contributed by atoms with Crippen LogP contribution in [0, 0.1) is 16.2 Å². The van der Waals surface area contributed by atoms with Crippen molar-refractivity contribution < 1.29 is 8.78 Å². The number of alkyl halides is 2. The van der Waals surface area contributed by atoms with Crippen LogP contribution in [0.4, 0.5) is 8.78 Å². The zero-order valence-electron chi connectivity index (χ0n) is 14.8. The molecule has 0 aromatic carbocycles. The van der Waals surface area contributed by atoms with Gasteiger partial charge in [0.15, 0.2) is 0 Å². The lowest BCUT2D eigenvalue weighted by atomic mass is 9.31. The summed E-state index contributed by atoms with van der Waals surface area (Å²) >= 11 is 0. The second-order valence-electron chi connectivity index (χ2n) is 9.05. The Labute approximate surface area is 139 Å². The molecule has 4 fully saturated rings. The van der Waals surface area contributed by atoms with E-state index in [1.54, 1.807) is 11.1 Å².